The molecule has 0 atom stereocenters. The number of amides is 1. The Kier molecular flexibility index (Phi) is 6.17. The first kappa shape index (κ1) is 21.6. The normalized spacial score (nSPS) is 18.0. The monoisotopic (exact) mass is 437 g/mol. The van der Waals surface area contributed by atoms with Gasteiger partial charge in [0, 0.05) is 44.7 Å². The topological polar surface area (TPSA) is 63.4 Å². The highest BCUT2D eigenvalue weighted by atomic mass is 19.4. The molecule has 0 bridgehead atoms. The van der Waals surface area contributed by atoms with Gasteiger partial charge in [-0.1, -0.05) is 0 Å². The summed E-state index contributed by atoms with van der Waals surface area (Å²) >= 11 is 0. The van der Waals surface area contributed by atoms with Gasteiger partial charge >= 0.3 is 11.9 Å². The Morgan fingerprint density at radius 1 is 0.935 bits per heavy atom. The molecule has 0 aliphatic carbocycles. The number of hydrogen-bond acceptors (Lipinski definition) is 4. The van der Waals surface area contributed by atoms with Crippen molar-refractivity contribution in [3.8, 4) is 0 Å². The highest BCUT2D eigenvalue weighted by Crippen LogP contribution is 2.29. The van der Waals surface area contributed by atoms with Crippen LogP contribution in [0.1, 0.15) is 41.0 Å². The summed E-state index contributed by atoms with van der Waals surface area (Å²) in [5, 5.41) is 4.46. The maximum absolute atomic E-state index is 12.7. The van der Waals surface area contributed by atoms with Gasteiger partial charge in [0.05, 0.1) is 12.1 Å². The number of hydrogen-bond donors (Lipinski definition) is 0. The molecule has 0 saturated carbocycles. The summed E-state index contributed by atoms with van der Waals surface area (Å²) in [6.07, 6.45) is -0.742. The Bertz CT molecular complexity index is 980. The van der Waals surface area contributed by atoms with Gasteiger partial charge in [-0.25, -0.2) is 9.48 Å². The number of aryl methyl sites for hydroxylation is 1. The average Bonchev–Trinajstić information content (AvgIpc) is 2.92. The first-order chi connectivity index (χ1) is 14.8. The van der Waals surface area contributed by atoms with Crippen LogP contribution in [0.15, 0.2) is 29.1 Å². The lowest BCUT2D eigenvalue weighted by Crippen LogP contribution is -2.37. The minimum Gasteiger partial charge on any atom is -0.337 e. The molecule has 3 heterocycles. The summed E-state index contributed by atoms with van der Waals surface area (Å²) in [7, 11) is 0. The third-order valence-corrected chi connectivity index (χ3v) is 5.99. The van der Waals surface area contributed by atoms with E-state index in [4.69, 9.17) is 0 Å². The molecular weight excluding hydrogens is 411 g/mol. The SMILES string of the molecule is O=C(c1ccc(C(F)(F)F)cc1)N1CCCN(CCn2nc3n(c2=O)CCCC3)CC1. The lowest BCUT2D eigenvalue weighted by molar-refractivity contribution is -0.137. The van der Waals surface area contributed by atoms with Crippen molar-refractivity contribution in [1.82, 2.24) is 24.1 Å². The molecule has 1 aromatic heterocycles. The highest BCUT2D eigenvalue weighted by molar-refractivity contribution is 5.94. The summed E-state index contributed by atoms with van der Waals surface area (Å²) in [6.45, 7) is 4.39. The van der Waals surface area contributed by atoms with Gasteiger partial charge in [-0.15, -0.1) is 0 Å². The molecule has 2 aliphatic rings. The largest absolute Gasteiger partial charge is 0.416 e. The molecule has 1 aromatic carbocycles. The molecule has 2 aromatic rings. The Labute approximate surface area is 178 Å². The lowest BCUT2D eigenvalue weighted by Gasteiger charge is -2.22. The second kappa shape index (κ2) is 8.86. The summed E-state index contributed by atoms with van der Waals surface area (Å²) in [5.74, 6) is 0.606. The maximum Gasteiger partial charge on any atom is 0.416 e. The molecule has 1 saturated heterocycles. The van der Waals surface area contributed by atoms with E-state index in [1.54, 1.807) is 9.47 Å². The van der Waals surface area contributed by atoms with Gasteiger partial charge in [0.1, 0.15) is 5.82 Å². The van der Waals surface area contributed by atoms with Gasteiger partial charge in [0.15, 0.2) is 0 Å². The van der Waals surface area contributed by atoms with Crippen LogP contribution in [0.3, 0.4) is 0 Å². The third kappa shape index (κ3) is 4.84. The molecule has 0 radical (unpaired) electrons. The number of benzene rings is 1. The Hall–Kier alpha value is -2.62. The molecular formula is C21H26F3N5O2. The minimum absolute atomic E-state index is 0.0522. The van der Waals surface area contributed by atoms with Crippen LogP contribution in [0.5, 0.6) is 0 Å². The zero-order valence-corrected chi connectivity index (χ0v) is 17.3. The minimum atomic E-state index is -4.42. The van der Waals surface area contributed by atoms with E-state index in [-0.39, 0.29) is 17.2 Å². The maximum atomic E-state index is 12.7. The van der Waals surface area contributed by atoms with Crippen molar-refractivity contribution in [2.75, 3.05) is 32.7 Å². The number of alkyl halides is 3. The molecule has 0 unspecified atom stereocenters. The molecule has 0 spiro atoms. The molecule has 31 heavy (non-hydrogen) atoms. The number of carbonyl (C=O) groups excluding carboxylic acids is 1. The van der Waals surface area contributed by atoms with Crippen LogP contribution in [-0.2, 0) is 25.7 Å². The Balaban J connectivity index is 1.33. The van der Waals surface area contributed by atoms with Crippen LogP contribution in [0.2, 0.25) is 0 Å². The fourth-order valence-electron chi connectivity index (χ4n) is 4.21. The van der Waals surface area contributed by atoms with Gasteiger partial charge in [0.2, 0.25) is 0 Å². The van der Waals surface area contributed by atoms with Crippen molar-refractivity contribution in [2.45, 2.75) is 44.9 Å². The number of aromatic nitrogens is 3. The number of rotatable bonds is 4. The quantitative estimate of drug-likeness (QED) is 0.736. The standard InChI is InChI=1S/C21H26F3N5O2/c22-21(23,24)17-7-5-16(6-8-17)19(30)27-10-3-9-26(12-14-27)13-15-29-20(31)28-11-2-1-4-18(28)25-29/h5-8H,1-4,9-15H2. The van der Waals surface area contributed by atoms with E-state index in [2.05, 4.69) is 10.00 Å². The lowest BCUT2D eigenvalue weighted by atomic mass is 10.1. The fraction of sp³-hybridized carbons (Fsp3) is 0.571. The summed E-state index contributed by atoms with van der Waals surface area (Å²) < 4.78 is 41.5. The second-order valence-corrected chi connectivity index (χ2v) is 8.09. The zero-order valence-electron chi connectivity index (χ0n) is 17.3. The third-order valence-electron chi connectivity index (χ3n) is 5.99. The number of carbonyl (C=O) groups is 1. The molecule has 7 nitrogen and oxygen atoms in total. The first-order valence-corrected chi connectivity index (χ1v) is 10.7. The molecule has 1 amide bonds. The fourth-order valence-corrected chi connectivity index (χ4v) is 4.21. The zero-order chi connectivity index (χ0) is 22.0. The van der Waals surface area contributed by atoms with Crippen LogP contribution in [0.4, 0.5) is 13.2 Å². The van der Waals surface area contributed by atoms with E-state index in [9.17, 15) is 22.8 Å². The van der Waals surface area contributed by atoms with Gasteiger partial charge in [-0.2, -0.15) is 18.3 Å². The van der Waals surface area contributed by atoms with Crippen molar-refractivity contribution < 1.29 is 18.0 Å². The predicted octanol–water partition coefficient (Wildman–Crippen LogP) is 2.25. The molecule has 0 N–H and O–H groups in total. The van der Waals surface area contributed by atoms with Gasteiger partial charge in [-0.3, -0.25) is 14.3 Å². The second-order valence-electron chi connectivity index (χ2n) is 8.09. The molecule has 10 heteroatoms. The van der Waals surface area contributed by atoms with Crippen molar-refractivity contribution >= 4 is 5.91 Å². The summed E-state index contributed by atoms with van der Waals surface area (Å²) in [5.41, 5.74) is -0.553. The van der Waals surface area contributed by atoms with Gasteiger partial charge < -0.3 is 4.90 Å². The molecule has 2 aliphatic heterocycles. The summed E-state index contributed by atoms with van der Waals surface area (Å²) in [4.78, 5) is 29.1. The van der Waals surface area contributed by atoms with Crippen LogP contribution >= 0.6 is 0 Å². The van der Waals surface area contributed by atoms with E-state index in [1.807, 2.05) is 0 Å². The molecule has 168 valence electrons. The van der Waals surface area contributed by atoms with E-state index in [0.717, 1.165) is 56.7 Å². The van der Waals surface area contributed by atoms with Gasteiger partial charge in [-0.05, 0) is 50.1 Å². The van der Waals surface area contributed by atoms with E-state index in [1.165, 1.54) is 16.8 Å². The Morgan fingerprint density at radius 2 is 1.71 bits per heavy atom. The predicted molar refractivity (Wildman–Crippen MR) is 108 cm³/mol. The number of halogens is 3. The van der Waals surface area contributed by atoms with E-state index >= 15 is 0 Å². The van der Waals surface area contributed by atoms with Crippen molar-refractivity contribution in [3.05, 3.63) is 51.7 Å². The highest BCUT2D eigenvalue weighted by Gasteiger charge is 2.30. The Morgan fingerprint density at radius 3 is 2.42 bits per heavy atom. The molecule has 1 fully saturated rings. The van der Waals surface area contributed by atoms with Crippen LogP contribution in [0, 0.1) is 0 Å². The van der Waals surface area contributed by atoms with Crippen molar-refractivity contribution in [2.24, 2.45) is 0 Å². The molecule has 4 rings (SSSR count). The average molecular weight is 437 g/mol. The van der Waals surface area contributed by atoms with Crippen LogP contribution < -0.4 is 5.69 Å². The van der Waals surface area contributed by atoms with Crippen LogP contribution in [0.25, 0.3) is 0 Å². The first-order valence-electron chi connectivity index (χ1n) is 10.7. The number of nitrogens with zero attached hydrogens (tertiary/aromatic N) is 5. The number of fused-ring (bicyclic) bond motifs is 1. The van der Waals surface area contributed by atoms with Crippen LogP contribution in [-0.4, -0.2) is 62.8 Å². The van der Waals surface area contributed by atoms with Crippen molar-refractivity contribution in [1.29, 1.82) is 0 Å². The van der Waals surface area contributed by atoms with E-state index < -0.39 is 11.7 Å². The van der Waals surface area contributed by atoms with E-state index in [0.29, 0.717) is 32.7 Å². The van der Waals surface area contributed by atoms with Crippen molar-refractivity contribution in [3.63, 3.8) is 0 Å². The van der Waals surface area contributed by atoms with Gasteiger partial charge in [0.25, 0.3) is 5.91 Å². The summed E-state index contributed by atoms with van der Waals surface area (Å²) in [6, 6.07) is 4.36. The smallest absolute Gasteiger partial charge is 0.337 e.